The number of nitrogens with zero attached hydrogens (tertiary/aromatic N) is 1. The summed E-state index contributed by atoms with van der Waals surface area (Å²) in [5, 5.41) is 0. The van der Waals surface area contributed by atoms with Crippen molar-refractivity contribution >= 4 is 11.9 Å². The molecule has 2 unspecified atom stereocenters. The van der Waals surface area contributed by atoms with Crippen molar-refractivity contribution < 1.29 is 19.1 Å². The van der Waals surface area contributed by atoms with E-state index < -0.39 is 12.0 Å². The maximum atomic E-state index is 11.5. The number of methoxy groups -OCH3 is 2. The summed E-state index contributed by atoms with van der Waals surface area (Å²) >= 11 is 0. The second kappa shape index (κ2) is 5.11. The number of carbonyl (C=O) groups excluding carboxylic acids is 2. The average molecular weight is 215 g/mol. The van der Waals surface area contributed by atoms with Gasteiger partial charge in [0.2, 0.25) is 0 Å². The van der Waals surface area contributed by atoms with Crippen LogP contribution in [0.3, 0.4) is 0 Å². The molecule has 1 aliphatic rings. The van der Waals surface area contributed by atoms with Gasteiger partial charge in [-0.3, -0.25) is 14.5 Å². The number of piperidine rings is 1. The van der Waals surface area contributed by atoms with Crippen LogP contribution in [-0.2, 0) is 19.1 Å². The van der Waals surface area contributed by atoms with Gasteiger partial charge in [0.1, 0.15) is 6.04 Å². The minimum atomic E-state index is -0.504. The van der Waals surface area contributed by atoms with Crippen molar-refractivity contribution in [3.05, 3.63) is 0 Å². The summed E-state index contributed by atoms with van der Waals surface area (Å²) < 4.78 is 9.39. The molecule has 0 saturated carbocycles. The zero-order valence-electron chi connectivity index (χ0n) is 9.36. The van der Waals surface area contributed by atoms with E-state index in [0.717, 1.165) is 13.0 Å². The molecule has 0 amide bonds. The van der Waals surface area contributed by atoms with Crippen LogP contribution < -0.4 is 0 Å². The van der Waals surface area contributed by atoms with Crippen LogP contribution in [0, 0.1) is 5.92 Å². The number of likely N-dealkylation sites (N-methyl/N-ethyl adjacent to an activating group) is 1. The Morgan fingerprint density at radius 3 is 2.33 bits per heavy atom. The summed E-state index contributed by atoms with van der Waals surface area (Å²) in [6, 6.07) is -0.504. The number of likely N-dealkylation sites (tertiary alicyclic amines) is 1. The highest BCUT2D eigenvalue weighted by Crippen LogP contribution is 2.24. The van der Waals surface area contributed by atoms with Crippen LogP contribution in [0.15, 0.2) is 0 Å². The molecule has 0 aromatic carbocycles. The van der Waals surface area contributed by atoms with Crippen molar-refractivity contribution in [2.75, 3.05) is 27.8 Å². The molecule has 0 radical (unpaired) electrons. The molecular weight excluding hydrogens is 198 g/mol. The van der Waals surface area contributed by atoms with E-state index in [1.807, 2.05) is 11.9 Å². The van der Waals surface area contributed by atoms with Gasteiger partial charge in [0.25, 0.3) is 0 Å². The number of rotatable bonds is 2. The molecule has 0 aromatic rings. The third kappa shape index (κ3) is 2.47. The van der Waals surface area contributed by atoms with Gasteiger partial charge >= 0.3 is 11.9 Å². The Balaban J connectivity index is 2.81. The van der Waals surface area contributed by atoms with Crippen LogP contribution in [0.25, 0.3) is 0 Å². The summed E-state index contributed by atoms with van der Waals surface area (Å²) in [5.41, 5.74) is 0. The van der Waals surface area contributed by atoms with Gasteiger partial charge in [-0.1, -0.05) is 0 Å². The molecule has 0 aliphatic carbocycles. The largest absolute Gasteiger partial charge is 0.469 e. The predicted octanol–water partition coefficient (Wildman–Crippen LogP) is 0.0428. The summed E-state index contributed by atoms with van der Waals surface area (Å²) in [4.78, 5) is 24.9. The first-order valence-corrected chi connectivity index (χ1v) is 4.97. The first-order chi connectivity index (χ1) is 7.11. The molecule has 0 aromatic heterocycles. The molecule has 2 atom stereocenters. The van der Waals surface area contributed by atoms with Crippen molar-refractivity contribution in [1.82, 2.24) is 4.90 Å². The molecule has 1 fully saturated rings. The van der Waals surface area contributed by atoms with E-state index in [1.165, 1.54) is 14.2 Å². The highest BCUT2D eigenvalue weighted by atomic mass is 16.5. The minimum absolute atomic E-state index is 0.336. The molecule has 86 valence electrons. The van der Waals surface area contributed by atoms with Crippen LogP contribution in [-0.4, -0.2) is 50.7 Å². The van der Waals surface area contributed by atoms with E-state index in [2.05, 4.69) is 4.74 Å². The van der Waals surface area contributed by atoms with E-state index in [4.69, 9.17) is 4.74 Å². The van der Waals surface area contributed by atoms with Crippen molar-refractivity contribution in [3.63, 3.8) is 0 Å². The fraction of sp³-hybridized carbons (Fsp3) is 0.800. The van der Waals surface area contributed by atoms with E-state index in [9.17, 15) is 9.59 Å². The lowest BCUT2D eigenvalue weighted by molar-refractivity contribution is -0.161. The topological polar surface area (TPSA) is 55.8 Å². The van der Waals surface area contributed by atoms with Crippen molar-refractivity contribution in [2.24, 2.45) is 5.92 Å². The maximum Gasteiger partial charge on any atom is 0.323 e. The van der Waals surface area contributed by atoms with Crippen LogP contribution >= 0.6 is 0 Å². The van der Waals surface area contributed by atoms with E-state index >= 15 is 0 Å². The summed E-state index contributed by atoms with van der Waals surface area (Å²) in [6.07, 6.45) is 1.57. The van der Waals surface area contributed by atoms with E-state index in [0.29, 0.717) is 6.42 Å². The van der Waals surface area contributed by atoms with Crippen molar-refractivity contribution in [1.29, 1.82) is 0 Å². The molecule has 15 heavy (non-hydrogen) atoms. The van der Waals surface area contributed by atoms with Crippen LogP contribution in [0.4, 0.5) is 0 Å². The van der Waals surface area contributed by atoms with Gasteiger partial charge in [-0.2, -0.15) is 0 Å². The Bertz CT molecular complexity index is 254. The molecular formula is C10H17NO4. The van der Waals surface area contributed by atoms with Crippen molar-refractivity contribution in [2.45, 2.75) is 18.9 Å². The second-order valence-electron chi connectivity index (χ2n) is 3.72. The van der Waals surface area contributed by atoms with Gasteiger partial charge < -0.3 is 9.47 Å². The number of hydrogen-bond acceptors (Lipinski definition) is 5. The Hall–Kier alpha value is -1.10. The van der Waals surface area contributed by atoms with Gasteiger partial charge in [-0.25, -0.2) is 0 Å². The first kappa shape index (κ1) is 12.0. The predicted molar refractivity (Wildman–Crippen MR) is 53.2 cm³/mol. The van der Waals surface area contributed by atoms with Gasteiger partial charge in [0.15, 0.2) is 0 Å². The van der Waals surface area contributed by atoms with E-state index in [-0.39, 0.29) is 11.9 Å². The highest BCUT2D eigenvalue weighted by Gasteiger charge is 2.40. The Morgan fingerprint density at radius 2 is 1.80 bits per heavy atom. The standard InChI is InChI=1S/C10H17NO4/c1-11-6-4-5-7(9(12)14-2)8(11)10(13)15-3/h7-8H,4-6H2,1-3H3. The lowest BCUT2D eigenvalue weighted by Crippen LogP contribution is -2.51. The number of ether oxygens (including phenoxy) is 2. The fourth-order valence-corrected chi connectivity index (χ4v) is 2.03. The van der Waals surface area contributed by atoms with Gasteiger partial charge in [-0.05, 0) is 26.4 Å². The smallest absolute Gasteiger partial charge is 0.323 e. The van der Waals surface area contributed by atoms with Gasteiger partial charge in [0.05, 0.1) is 20.1 Å². The van der Waals surface area contributed by atoms with Crippen molar-refractivity contribution in [3.8, 4) is 0 Å². The molecule has 5 heteroatoms. The van der Waals surface area contributed by atoms with Crippen LogP contribution in [0.1, 0.15) is 12.8 Å². The molecule has 0 N–H and O–H groups in total. The zero-order valence-corrected chi connectivity index (χ0v) is 9.36. The third-order valence-corrected chi connectivity index (χ3v) is 2.83. The normalized spacial score (nSPS) is 27.1. The Kier molecular flexibility index (Phi) is 4.08. The first-order valence-electron chi connectivity index (χ1n) is 4.97. The monoisotopic (exact) mass is 215 g/mol. The molecule has 1 rings (SSSR count). The zero-order chi connectivity index (χ0) is 11.4. The highest BCUT2D eigenvalue weighted by molar-refractivity contribution is 5.84. The maximum absolute atomic E-state index is 11.5. The molecule has 1 heterocycles. The quantitative estimate of drug-likeness (QED) is 0.609. The number of carbonyl (C=O) groups is 2. The third-order valence-electron chi connectivity index (χ3n) is 2.83. The molecule has 0 bridgehead atoms. The van der Waals surface area contributed by atoms with Crippen LogP contribution in [0.2, 0.25) is 0 Å². The molecule has 0 spiro atoms. The molecule has 1 aliphatic heterocycles. The fourth-order valence-electron chi connectivity index (χ4n) is 2.03. The van der Waals surface area contributed by atoms with E-state index in [1.54, 1.807) is 0 Å². The lowest BCUT2D eigenvalue weighted by Gasteiger charge is -2.35. The molecule has 1 saturated heterocycles. The van der Waals surface area contributed by atoms with Gasteiger partial charge in [-0.15, -0.1) is 0 Å². The summed E-state index contributed by atoms with van der Waals surface area (Å²) in [7, 11) is 4.49. The van der Waals surface area contributed by atoms with Crippen LogP contribution in [0.5, 0.6) is 0 Å². The Morgan fingerprint density at radius 1 is 1.20 bits per heavy atom. The summed E-state index contributed by atoms with van der Waals surface area (Å²) in [5.74, 6) is -1.11. The van der Waals surface area contributed by atoms with Gasteiger partial charge in [0, 0.05) is 0 Å². The molecule has 5 nitrogen and oxygen atoms in total. The Labute approximate surface area is 89.3 Å². The summed E-state index contributed by atoms with van der Waals surface area (Å²) in [6.45, 7) is 0.799. The second-order valence-corrected chi connectivity index (χ2v) is 3.72. The lowest BCUT2D eigenvalue weighted by atomic mass is 9.89. The average Bonchev–Trinajstić information content (AvgIpc) is 2.26. The minimum Gasteiger partial charge on any atom is -0.469 e. The number of esters is 2. The SMILES string of the molecule is COC(=O)C1CCCN(C)C1C(=O)OC. The number of hydrogen-bond donors (Lipinski definition) is 0.